The fraction of sp³-hybridized carbons (Fsp3) is 1.00. The maximum Gasteiger partial charge on any atom is 0.158 e. The Kier molecular flexibility index (Phi) is 1.87. The van der Waals surface area contributed by atoms with Gasteiger partial charge in [0, 0.05) is 5.41 Å². The molecule has 2 saturated carbocycles. The van der Waals surface area contributed by atoms with Gasteiger partial charge >= 0.3 is 0 Å². The van der Waals surface area contributed by atoms with Gasteiger partial charge in [0.05, 0.1) is 12.2 Å². The first-order valence-corrected chi connectivity index (χ1v) is 6.31. The van der Waals surface area contributed by atoms with Crippen LogP contribution in [0.1, 0.15) is 47.0 Å². The van der Waals surface area contributed by atoms with Crippen molar-refractivity contribution in [2.75, 3.05) is 0 Å². The van der Waals surface area contributed by atoms with Gasteiger partial charge in [0.1, 0.15) is 0 Å². The molecule has 0 spiro atoms. The fourth-order valence-electron chi connectivity index (χ4n) is 4.18. The summed E-state index contributed by atoms with van der Waals surface area (Å²) in [5, 5.41) is 0. The van der Waals surface area contributed by atoms with Crippen molar-refractivity contribution in [2.24, 2.45) is 16.7 Å². The highest BCUT2D eigenvalue weighted by Gasteiger charge is 2.69. The van der Waals surface area contributed by atoms with Gasteiger partial charge in [-0.15, -0.1) is 0 Å². The van der Waals surface area contributed by atoms with E-state index in [1.165, 1.54) is 12.8 Å². The molecular formula is C13H22O2. The second kappa shape index (κ2) is 2.78. The molecule has 0 radical (unpaired) electrons. The Balaban J connectivity index is 1.94. The first kappa shape index (κ1) is 10.1. The maximum absolute atomic E-state index is 6.08. The van der Waals surface area contributed by atoms with Crippen molar-refractivity contribution in [3.63, 3.8) is 0 Å². The van der Waals surface area contributed by atoms with Gasteiger partial charge in [-0.05, 0) is 30.6 Å². The van der Waals surface area contributed by atoms with Crippen molar-refractivity contribution in [3.05, 3.63) is 0 Å². The minimum absolute atomic E-state index is 0.0658. The molecule has 5 atom stereocenters. The summed E-state index contributed by atoms with van der Waals surface area (Å²) in [5.41, 5.74) is 0.729. The molecule has 5 unspecified atom stereocenters. The summed E-state index contributed by atoms with van der Waals surface area (Å²) in [4.78, 5) is 0. The largest absolute Gasteiger partial charge is 0.346 e. The van der Waals surface area contributed by atoms with Gasteiger partial charge in [0.2, 0.25) is 0 Å². The molecule has 0 aromatic heterocycles. The smallest absolute Gasteiger partial charge is 0.158 e. The van der Waals surface area contributed by atoms with Crippen molar-refractivity contribution in [1.82, 2.24) is 0 Å². The van der Waals surface area contributed by atoms with E-state index in [-0.39, 0.29) is 6.29 Å². The maximum atomic E-state index is 6.08. The molecule has 0 amide bonds. The number of fused-ring (bicyclic) bond motifs is 5. The lowest BCUT2D eigenvalue weighted by Crippen LogP contribution is -2.38. The number of rotatable bonds is 1. The summed E-state index contributed by atoms with van der Waals surface area (Å²) >= 11 is 0. The first-order chi connectivity index (χ1) is 7.00. The van der Waals surface area contributed by atoms with Gasteiger partial charge in [-0.3, -0.25) is 0 Å². The lowest BCUT2D eigenvalue weighted by atomic mass is 9.70. The van der Waals surface area contributed by atoms with Gasteiger partial charge < -0.3 is 9.47 Å². The molecule has 2 nitrogen and oxygen atoms in total. The van der Waals surface area contributed by atoms with Crippen LogP contribution < -0.4 is 0 Å². The third-order valence-corrected chi connectivity index (χ3v) is 5.64. The van der Waals surface area contributed by atoms with Crippen LogP contribution in [0.15, 0.2) is 0 Å². The average Bonchev–Trinajstić information content (AvgIpc) is 2.74. The summed E-state index contributed by atoms with van der Waals surface area (Å²) in [6, 6.07) is 0. The summed E-state index contributed by atoms with van der Waals surface area (Å²) in [6.45, 7) is 9.34. The van der Waals surface area contributed by atoms with Crippen LogP contribution in [0.3, 0.4) is 0 Å². The SMILES string of the molecule is CCC1OC2C3CCC(C)(C2O1)C3(C)C. The first-order valence-electron chi connectivity index (χ1n) is 6.31. The van der Waals surface area contributed by atoms with Crippen LogP contribution in [0.5, 0.6) is 0 Å². The Bertz CT molecular complexity index is 286. The molecule has 2 bridgehead atoms. The lowest BCUT2D eigenvalue weighted by molar-refractivity contribution is -0.113. The second-order valence-corrected chi connectivity index (χ2v) is 6.28. The molecule has 0 aromatic rings. The minimum Gasteiger partial charge on any atom is -0.346 e. The highest BCUT2D eigenvalue weighted by molar-refractivity contribution is 5.17. The Morgan fingerprint density at radius 1 is 1.20 bits per heavy atom. The zero-order chi connectivity index (χ0) is 10.8. The number of hydrogen-bond acceptors (Lipinski definition) is 2. The van der Waals surface area contributed by atoms with Crippen molar-refractivity contribution < 1.29 is 9.47 Å². The zero-order valence-corrected chi connectivity index (χ0v) is 10.2. The highest BCUT2D eigenvalue weighted by Crippen LogP contribution is 2.68. The molecule has 0 aromatic carbocycles. The molecule has 1 saturated heterocycles. The molecule has 86 valence electrons. The van der Waals surface area contributed by atoms with E-state index in [9.17, 15) is 0 Å². The highest BCUT2D eigenvalue weighted by atomic mass is 16.7. The average molecular weight is 210 g/mol. The van der Waals surface area contributed by atoms with Crippen LogP contribution in [0.4, 0.5) is 0 Å². The third kappa shape index (κ3) is 0.980. The summed E-state index contributed by atoms with van der Waals surface area (Å²) < 4.78 is 12.1. The summed E-state index contributed by atoms with van der Waals surface area (Å²) in [7, 11) is 0. The van der Waals surface area contributed by atoms with Crippen molar-refractivity contribution in [1.29, 1.82) is 0 Å². The van der Waals surface area contributed by atoms with E-state index < -0.39 is 0 Å². The molecule has 2 aliphatic carbocycles. The van der Waals surface area contributed by atoms with E-state index in [0.29, 0.717) is 29.0 Å². The molecule has 15 heavy (non-hydrogen) atoms. The van der Waals surface area contributed by atoms with Crippen LogP contribution in [0, 0.1) is 16.7 Å². The normalized spacial score (nSPS) is 56.0. The van der Waals surface area contributed by atoms with E-state index in [1.54, 1.807) is 0 Å². The van der Waals surface area contributed by atoms with Crippen molar-refractivity contribution in [3.8, 4) is 0 Å². The molecule has 3 rings (SSSR count). The standard InChI is InChI=1S/C13H22O2/c1-5-9-14-10-8-6-7-13(4,11(10)15-9)12(8,2)3/h8-11H,5-7H2,1-4H3. The quantitative estimate of drug-likeness (QED) is 0.662. The monoisotopic (exact) mass is 210 g/mol. The van der Waals surface area contributed by atoms with Crippen LogP contribution in [-0.4, -0.2) is 18.5 Å². The molecule has 3 fully saturated rings. The molecule has 1 heterocycles. The fourth-order valence-corrected chi connectivity index (χ4v) is 4.18. The van der Waals surface area contributed by atoms with Gasteiger partial charge in [-0.1, -0.05) is 27.7 Å². The van der Waals surface area contributed by atoms with Gasteiger partial charge in [-0.25, -0.2) is 0 Å². The van der Waals surface area contributed by atoms with E-state index in [2.05, 4.69) is 27.7 Å². The Morgan fingerprint density at radius 2 is 1.93 bits per heavy atom. The van der Waals surface area contributed by atoms with Crippen molar-refractivity contribution >= 4 is 0 Å². The number of ether oxygens (including phenoxy) is 2. The predicted octanol–water partition coefficient (Wildman–Crippen LogP) is 2.96. The number of hydrogen-bond donors (Lipinski definition) is 0. The van der Waals surface area contributed by atoms with Gasteiger partial charge in [0.15, 0.2) is 6.29 Å². The molecular weight excluding hydrogens is 188 g/mol. The van der Waals surface area contributed by atoms with Crippen LogP contribution >= 0.6 is 0 Å². The molecule has 3 aliphatic rings. The Morgan fingerprint density at radius 3 is 2.53 bits per heavy atom. The van der Waals surface area contributed by atoms with Gasteiger partial charge in [0.25, 0.3) is 0 Å². The summed E-state index contributed by atoms with van der Waals surface area (Å²) in [6.07, 6.45) is 4.42. The Labute approximate surface area is 92.3 Å². The molecule has 0 N–H and O–H groups in total. The van der Waals surface area contributed by atoms with E-state index in [4.69, 9.17) is 9.47 Å². The second-order valence-electron chi connectivity index (χ2n) is 6.28. The minimum atomic E-state index is 0.0658. The van der Waals surface area contributed by atoms with Crippen LogP contribution in [0.25, 0.3) is 0 Å². The Hall–Kier alpha value is -0.0800. The zero-order valence-electron chi connectivity index (χ0n) is 10.2. The van der Waals surface area contributed by atoms with Gasteiger partial charge in [-0.2, -0.15) is 0 Å². The van der Waals surface area contributed by atoms with Crippen molar-refractivity contribution in [2.45, 2.75) is 65.5 Å². The van der Waals surface area contributed by atoms with Crippen LogP contribution in [0.2, 0.25) is 0 Å². The molecule has 2 heteroatoms. The lowest BCUT2D eigenvalue weighted by Gasteiger charge is -2.37. The van der Waals surface area contributed by atoms with E-state index in [1.807, 2.05) is 0 Å². The predicted molar refractivity (Wildman–Crippen MR) is 58.4 cm³/mol. The van der Waals surface area contributed by atoms with Crippen LogP contribution in [-0.2, 0) is 9.47 Å². The third-order valence-electron chi connectivity index (χ3n) is 5.64. The summed E-state index contributed by atoms with van der Waals surface area (Å²) in [5.74, 6) is 0.712. The van der Waals surface area contributed by atoms with E-state index in [0.717, 1.165) is 6.42 Å². The van der Waals surface area contributed by atoms with E-state index >= 15 is 0 Å². The molecule has 1 aliphatic heterocycles. The topological polar surface area (TPSA) is 18.5 Å².